The molecule has 0 atom stereocenters. The lowest BCUT2D eigenvalue weighted by atomic mass is 10.1. The Hall–Kier alpha value is -0.620. The highest BCUT2D eigenvalue weighted by molar-refractivity contribution is 7.89. The van der Waals surface area contributed by atoms with Crippen molar-refractivity contribution in [3.8, 4) is 0 Å². The fourth-order valence-electron chi connectivity index (χ4n) is 2.00. The second kappa shape index (κ2) is 6.35. The first-order valence-electron chi connectivity index (χ1n) is 6.26. The van der Waals surface area contributed by atoms with E-state index in [1.165, 1.54) is 0 Å². The first-order chi connectivity index (χ1) is 7.99. The van der Waals surface area contributed by atoms with E-state index in [1.54, 1.807) is 4.31 Å². The molecule has 0 unspecified atom stereocenters. The average molecular weight is 262 g/mol. The van der Waals surface area contributed by atoms with Gasteiger partial charge in [0, 0.05) is 25.6 Å². The van der Waals surface area contributed by atoms with Crippen molar-refractivity contribution in [2.24, 2.45) is 0 Å². The largest absolute Gasteiger partial charge is 0.353 e. The summed E-state index contributed by atoms with van der Waals surface area (Å²) in [6.07, 6.45) is 2.56. The van der Waals surface area contributed by atoms with Crippen LogP contribution in [0.25, 0.3) is 0 Å². The van der Waals surface area contributed by atoms with E-state index in [2.05, 4.69) is 5.32 Å². The second-order valence-electron chi connectivity index (χ2n) is 4.41. The molecule has 1 aliphatic rings. The van der Waals surface area contributed by atoms with Crippen molar-refractivity contribution in [3.05, 3.63) is 0 Å². The number of nitrogens with zero attached hydrogens (tertiary/aromatic N) is 1. The van der Waals surface area contributed by atoms with Gasteiger partial charge >= 0.3 is 0 Å². The first kappa shape index (κ1) is 14.4. The van der Waals surface area contributed by atoms with Crippen LogP contribution < -0.4 is 5.32 Å². The zero-order valence-electron chi connectivity index (χ0n) is 10.6. The molecule has 1 saturated heterocycles. The summed E-state index contributed by atoms with van der Waals surface area (Å²) in [4.78, 5) is 11.2. The van der Waals surface area contributed by atoms with E-state index < -0.39 is 10.0 Å². The van der Waals surface area contributed by atoms with E-state index in [9.17, 15) is 13.2 Å². The van der Waals surface area contributed by atoms with Crippen molar-refractivity contribution < 1.29 is 13.2 Å². The van der Waals surface area contributed by atoms with Crippen LogP contribution in [0.3, 0.4) is 0 Å². The van der Waals surface area contributed by atoms with Gasteiger partial charge in [-0.05, 0) is 19.3 Å². The molecule has 0 aromatic heterocycles. The molecule has 6 heteroatoms. The van der Waals surface area contributed by atoms with E-state index in [0.29, 0.717) is 38.8 Å². The third-order valence-electron chi connectivity index (χ3n) is 3.00. The van der Waals surface area contributed by atoms with E-state index in [0.717, 1.165) is 0 Å². The molecule has 0 bridgehead atoms. The molecule has 0 aliphatic carbocycles. The molecule has 0 aromatic rings. The molecule has 0 radical (unpaired) electrons. The van der Waals surface area contributed by atoms with Crippen LogP contribution in [-0.4, -0.2) is 43.5 Å². The maximum absolute atomic E-state index is 11.8. The predicted molar refractivity (Wildman–Crippen MR) is 67.1 cm³/mol. The molecule has 1 rings (SSSR count). The molecule has 1 fully saturated rings. The molecule has 0 aromatic carbocycles. The molecule has 17 heavy (non-hydrogen) atoms. The summed E-state index contributed by atoms with van der Waals surface area (Å²) >= 11 is 0. The van der Waals surface area contributed by atoms with Gasteiger partial charge in [0.1, 0.15) is 0 Å². The summed E-state index contributed by atoms with van der Waals surface area (Å²) in [7, 11) is -3.07. The zero-order valence-corrected chi connectivity index (χ0v) is 11.4. The Kier molecular flexibility index (Phi) is 5.39. The van der Waals surface area contributed by atoms with Gasteiger partial charge < -0.3 is 5.32 Å². The Morgan fingerprint density at radius 2 is 1.88 bits per heavy atom. The standard InChI is InChI=1S/C11H22N2O3S/c1-3-9-17(15,16)13-7-5-10(6-8-13)12-11(14)4-2/h10H,3-9H2,1-2H3,(H,12,14). The van der Waals surface area contributed by atoms with Crippen molar-refractivity contribution in [2.45, 2.75) is 45.6 Å². The number of hydrogen-bond donors (Lipinski definition) is 1. The van der Waals surface area contributed by atoms with Crippen molar-refractivity contribution in [1.29, 1.82) is 0 Å². The minimum Gasteiger partial charge on any atom is -0.353 e. The number of hydrogen-bond acceptors (Lipinski definition) is 3. The Balaban J connectivity index is 2.43. The zero-order chi connectivity index (χ0) is 12.9. The number of carbonyl (C=O) groups excluding carboxylic acids is 1. The molecule has 0 spiro atoms. The highest BCUT2D eigenvalue weighted by Crippen LogP contribution is 2.15. The van der Waals surface area contributed by atoms with Gasteiger partial charge in [-0.15, -0.1) is 0 Å². The van der Waals surface area contributed by atoms with Crippen LogP contribution in [0.5, 0.6) is 0 Å². The maximum atomic E-state index is 11.8. The summed E-state index contributed by atoms with van der Waals surface area (Å²) in [6, 6.07) is 0.135. The summed E-state index contributed by atoms with van der Waals surface area (Å²) in [5.41, 5.74) is 0. The topological polar surface area (TPSA) is 66.5 Å². The number of nitrogens with one attached hydrogen (secondary N) is 1. The average Bonchev–Trinajstić information content (AvgIpc) is 2.29. The number of amides is 1. The van der Waals surface area contributed by atoms with E-state index in [4.69, 9.17) is 0 Å². The van der Waals surface area contributed by atoms with Crippen molar-refractivity contribution in [3.63, 3.8) is 0 Å². The quantitative estimate of drug-likeness (QED) is 0.794. The number of carbonyl (C=O) groups is 1. The van der Waals surface area contributed by atoms with Gasteiger partial charge in [0.15, 0.2) is 0 Å². The van der Waals surface area contributed by atoms with E-state index >= 15 is 0 Å². The van der Waals surface area contributed by atoms with Gasteiger partial charge in [-0.1, -0.05) is 13.8 Å². The molecular formula is C11H22N2O3S. The van der Waals surface area contributed by atoms with Gasteiger partial charge in [0.2, 0.25) is 15.9 Å². The molecule has 0 saturated carbocycles. The molecule has 5 nitrogen and oxygen atoms in total. The lowest BCUT2D eigenvalue weighted by molar-refractivity contribution is -0.121. The van der Waals surface area contributed by atoms with Crippen LogP contribution in [0, 0.1) is 0 Å². The third-order valence-corrected chi connectivity index (χ3v) is 5.07. The van der Waals surface area contributed by atoms with Crippen LogP contribution in [0.4, 0.5) is 0 Å². The number of sulfonamides is 1. The van der Waals surface area contributed by atoms with E-state index in [1.807, 2.05) is 13.8 Å². The molecule has 1 N–H and O–H groups in total. The minimum atomic E-state index is -3.07. The highest BCUT2D eigenvalue weighted by atomic mass is 32.2. The molecular weight excluding hydrogens is 240 g/mol. The van der Waals surface area contributed by atoms with Crippen LogP contribution in [0.1, 0.15) is 39.5 Å². The van der Waals surface area contributed by atoms with Gasteiger partial charge in [-0.3, -0.25) is 4.79 Å². The molecule has 1 heterocycles. The van der Waals surface area contributed by atoms with Crippen LogP contribution >= 0.6 is 0 Å². The molecule has 1 aliphatic heterocycles. The summed E-state index contributed by atoms with van der Waals surface area (Å²) in [6.45, 7) is 4.73. The van der Waals surface area contributed by atoms with Gasteiger partial charge in [0.05, 0.1) is 5.75 Å². The van der Waals surface area contributed by atoms with Gasteiger partial charge in [-0.2, -0.15) is 0 Å². The fraction of sp³-hybridized carbons (Fsp3) is 0.909. The van der Waals surface area contributed by atoms with Crippen LogP contribution in [0.2, 0.25) is 0 Å². The second-order valence-corrected chi connectivity index (χ2v) is 6.50. The molecule has 1 amide bonds. The highest BCUT2D eigenvalue weighted by Gasteiger charge is 2.27. The summed E-state index contributed by atoms with van der Waals surface area (Å²) in [5.74, 6) is 0.263. The Morgan fingerprint density at radius 3 is 2.35 bits per heavy atom. The lowest BCUT2D eigenvalue weighted by Crippen LogP contribution is -2.46. The number of piperidine rings is 1. The fourth-order valence-corrected chi connectivity index (χ4v) is 3.54. The molecule has 100 valence electrons. The maximum Gasteiger partial charge on any atom is 0.219 e. The predicted octanol–water partition coefficient (Wildman–Crippen LogP) is 0.717. The van der Waals surface area contributed by atoms with Crippen LogP contribution in [0.15, 0.2) is 0 Å². The monoisotopic (exact) mass is 262 g/mol. The summed E-state index contributed by atoms with van der Waals surface area (Å²) < 4.78 is 25.2. The Morgan fingerprint density at radius 1 is 1.29 bits per heavy atom. The van der Waals surface area contributed by atoms with Gasteiger partial charge in [-0.25, -0.2) is 12.7 Å². The van der Waals surface area contributed by atoms with Crippen molar-refractivity contribution >= 4 is 15.9 Å². The normalized spacial score (nSPS) is 19.2. The van der Waals surface area contributed by atoms with Gasteiger partial charge in [0.25, 0.3) is 0 Å². The minimum absolute atomic E-state index is 0.0415. The van der Waals surface area contributed by atoms with Crippen molar-refractivity contribution in [2.75, 3.05) is 18.8 Å². The van der Waals surface area contributed by atoms with Crippen molar-refractivity contribution in [1.82, 2.24) is 9.62 Å². The Bertz CT molecular complexity index is 346. The number of rotatable bonds is 5. The summed E-state index contributed by atoms with van der Waals surface area (Å²) in [5, 5.41) is 2.91. The third kappa shape index (κ3) is 4.27. The smallest absolute Gasteiger partial charge is 0.219 e. The van der Waals surface area contributed by atoms with E-state index in [-0.39, 0.29) is 17.7 Å². The van der Waals surface area contributed by atoms with Crippen LogP contribution in [-0.2, 0) is 14.8 Å². The first-order valence-corrected chi connectivity index (χ1v) is 7.87. The Labute approximate surface area is 104 Å². The SMILES string of the molecule is CCCS(=O)(=O)N1CCC(NC(=O)CC)CC1. The lowest BCUT2D eigenvalue weighted by Gasteiger charge is -2.31.